The molecule has 1 aliphatic carbocycles. The van der Waals surface area contributed by atoms with Crippen molar-refractivity contribution in [1.29, 1.82) is 0 Å². The smallest absolute Gasteiger partial charge is 0.165 e. The van der Waals surface area contributed by atoms with Gasteiger partial charge in [-0.05, 0) is 36.8 Å². The molecule has 96 valence electrons. The summed E-state index contributed by atoms with van der Waals surface area (Å²) in [5.41, 5.74) is 0. The second-order valence-electron chi connectivity index (χ2n) is 5.92. The van der Waals surface area contributed by atoms with E-state index >= 15 is 0 Å². The number of aromatic nitrogens is 1. The number of nitrogens with zero attached hydrogens (tertiary/aromatic N) is 3. The lowest BCUT2D eigenvalue weighted by molar-refractivity contribution is 0.306. The molecule has 1 aromatic heterocycles. The molecule has 3 fully saturated rings. The average Bonchev–Trinajstić information content (AvgIpc) is 3.02. The molecule has 18 heavy (non-hydrogen) atoms. The summed E-state index contributed by atoms with van der Waals surface area (Å²) in [4.78, 5) is 8.97. The van der Waals surface area contributed by atoms with Gasteiger partial charge in [0.05, 0.1) is 0 Å². The van der Waals surface area contributed by atoms with E-state index in [1.54, 1.807) is 12.3 Å². The molecular formula is C14H18FN3. The van der Waals surface area contributed by atoms with Crippen molar-refractivity contribution in [3.05, 3.63) is 24.1 Å². The van der Waals surface area contributed by atoms with E-state index in [4.69, 9.17) is 0 Å². The van der Waals surface area contributed by atoms with Gasteiger partial charge in [0, 0.05) is 38.4 Å². The number of hydrogen-bond acceptors (Lipinski definition) is 3. The van der Waals surface area contributed by atoms with Gasteiger partial charge in [-0.25, -0.2) is 9.37 Å². The van der Waals surface area contributed by atoms with Crippen LogP contribution in [0.1, 0.15) is 12.8 Å². The monoisotopic (exact) mass is 247 g/mol. The molecule has 1 aromatic rings. The number of fused-ring (bicyclic) bond motifs is 1. The second kappa shape index (κ2) is 3.92. The van der Waals surface area contributed by atoms with Gasteiger partial charge in [-0.1, -0.05) is 0 Å². The molecule has 2 unspecified atom stereocenters. The highest BCUT2D eigenvalue weighted by Gasteiger charge is 2.44. The SMILES string of the molecule is Fc1cccnc1N1CC2CN(C3CC3)CC2C1. The lowest BCUT2D eigenvalue weighted by atomic mass is 10.0. The largest absolute Gasteiger partial charge is 0.354 e. The quantitative estimate of drug-likeness (QED) is 0.793. The first-order chi connectivity index (χ1) is 8.81. The highest BCUT2D eigenvalue weighted by atomic mass is 19.1. The number of pyridine rings is 1. The summed E-state index contributed by atoms with van der Waals surface area (Å²) in [6.07, 6.45) is 4.46. The maximum absolute atomic E-state index is 13.7. The molecule has 4 heteroatoms. The van der Waals surface area contributed by atoms with Crippen molar-refractivity contribution in [2.45, 2.75) is 18.9 Å². The third-order valence-electron chi connectivity index (χ3n) is 4.62. The molecule has 3 heterocycles. The summed E-state index contributed by atoms with van der Waals surface area (Å²) in [7, 11) is 0. The summed E-state index contributed by atoms with van der Waals surface area (Å²) < 4.78 is 13.7. The van der Waals surface area contributed by atoms with E-state index in [-0.39, 0.29) is 5.82 Å². The standard InChI is InChI=1S/C14H18FN3/c15-13-2-1-5-16-14(13)18-8-10-6-17(12-3-4-12)7-11(10)9-18/h1-2,5,10-12H,3-4,6-9H2. The first-order valence-corrected chi connectivity index (χ1v) is 6.91. The van der Waals surface area contributed by atoms with Crippen molar-refractivity contribution in [3.8, 4) is 0 Å². The van der Waals surface area contributed by atoms with Gasteiger partial charge in [-0.15, -0.1) is 0 Å². The fraction of sp³-hybridized carbons (Fsp3) is 0.643. The van der Waals surface area contributed by atoms with Crippen molar-refractivity contribution in [1.82, 2.24) is 9.88 Å². The Labute approximate surface area is 107 Å². The molecule has 1 saturated carbocycles. The molecule has 0 radical (unpaired) electrons. The summed E-state index contributed by atoms with van der Waals surface area (Å²) in [5.74, 6) is 1.79. The zero-order valence-electron chi connectivity index (χ0n) is 10.4. The fourth-order valence-corrected chi connectivity index (χ4v) is 3.55. The molecular weight excluding hydrogens is 229 g/mol. The minimum atomic E-state index is -0.184. The molecule has 4 rings (SSSR count). The number of anilines is 1. The molecule has 3 aliphatic rings. The van der Waals surface area contributed by atoms with Crippen molar-refractivity contribution in [2.24, 2.45) is 11.8 Å². The van der Waals surface area contributed by atoms with Crippen LogP contribution in [-0.4, -0.2) is 42.1 Å². The van der Waals surface area contributed by atoms with Gasteiger partial charge in [0.25, 0.3) is 0 Å². The van der Waals surface area contributed by atoms with E-state index in [0.29, 0.717) is 17.7 Å². The predicted molar refractivity (Wildman–Crippen MR) is 68.0 cm³/mol. The molecule has 0 amide bonds. The van der Waals surface area contributed by atoms with Crippen LogP contribution in [-0.2, 0) is 0 Å². The molecule has 2 saturated heterocycles. The van der Waals surface area contributed by atoms with Crippen LogP contribution in [0.2, 0.25) is 0 Å². The minimum Gasteiger partial charge on any atom is -0.354 e. The Kier molecular flexibility index (Phi) is 2.34. The zero-order chi connectivity index (χ0) is 12.1. The number of hydrogen-bond donors (Lipinski definition) is 0. The zero-order valence-corrected chi connectivity index (χ0v) is 10.4. The topological polar surface area (TPSA) is 19.4 Å². The van der Waals surface area contributed by atoms with Gasteiger partial charge in [-0.3, -0.25) is 4.90 Å². The first-order valence-electron chi connectivity index (χ1n) is 6.91. The molecule has 0 bridgehead atoms. The molecule has 2 atom stereocenters. The summed E-state index contributed by atoms with van der Waals surface area (Å²) in [6, 6.07) is 4.04. The van der Waals surface area contributed by atoms with Crippen LogP contribution in [0, 0.1) is 17.7 Å². The van der Waals surface area contributed by atoms with Crippen molar-refractivity contribution in [3.63, 3.8) is 0 Å². The van der Waals surface area contributed by atoms with Crippen LogP contribution in [0.3, 0.4) is 0 Å². The summed E-state index contributed by atoms with van der Waals surface area (Å²) >= 11 is 0. The van der Waals surface area contributed by atoms with Gasteiger partial charge in [0.15, 0.2) is 11.6 Å². The predicted octanol–water partition coefficient (Wildman–Crippen LogP) is 1.75. The Morgan fingerprint density at radius 2 is 1.83 bits per heavy atom. The second-order valence-corrected chi connectivity index (χ2v) is 5.92. The maximum Gasteiger partial charge on any atom is 0.165 e. The Morgan fingerprint density at radius 3 is 2.44 bits per heavy atom. The van der Waals surface area contributed by atoms with Gasteiger partial charge >= 0.3 is 0 Å². The summed E-state index contributed by atoms with van der Waals surface area (Å²) in [5, 5.41) is 0. The van der Waals surface area contributed by atoms with Crippen molar-refractivity contribution in [2.75, 3.05) is 31.1 Å². The Hall–Kier alpha value is -1.16. The molecule has 0 aromatic carbocycles. The lowest BCUT2D eigenvalue weighted by Gasteiger charge is -2.22. The van der Waals surface area contributed by atoms with Crippen LogP contribution in [0.15, 0.2) is 18.3 Å². The number of halogens is 1. The highest BCUT2D eigenvalue weighted by molar-refractivity contribution is 5.41. The van der Waals surface area contributed by atoms with Gasteiger partial charge in [-0.2, -0.15) is 0 Å². The Morgan fingerprint density at radius 1 is 1.11 bits per heavy atom. The third kappa shape index (κ3) is 1.70. The molecule has 0 N–H and O–H groups in total. The number of likely N-dealkylation sites (tertiary alicyclic amines) is 1. The van der Waals surface area contributed by atoms with E-state index in [1.807, 2.05) is 0 Å². The van der Waals surface area contributed by atoms with E-state index in [0.717, 1.165) is 19.1 Å². The first kappa shape index (κ1) is 10.7. The van der Waals surface area contributed by atoms with E-state index < -0.39 is 0 Å². The third-order valence-corrected chi connectivity index (χ3v) is 4.62. The Balaban J connectivity index is 1.48. The average molecular weight is 247 g/mol. The van der Waals surface area contributed by atoms with Gasteiger partial charge in [0.1, 0.15) is 0 Å². The van der Waals surface area contributed by atoms with Crippen molar-refractivity contribution < 1.29 is 4.39 Å². The minimum absolute atomic E-state index is 0.184. The molecule has 0 spiro atoms. The van der Waals surface area contributed by atoms with Crippen molar-refractivity contribution >= 4 is 5.82 Å². The lowest BCUT2D eigenvalue weighted by Crippen LogP contribution is -2.30. The maximum atomic E-state index is 13.7. The van der Waals surface area contributed by atoms with Crippen LogP contribution in [0.4, 0.5) is 10.2 Å². The van der Waals surface area contributed by atoms with Crippen LogP contribution < -0.4 is 4.90 Å². The van der Waals surface area contributed by atoms with E-state index in [1.165, 1.54) is 32.0 Å². The van der Waals surface area contributed by atoms with Crippen LogP contribution >= 0.6 is 0 Å². The van der Waals surface area contributed by atoms with E-state index in [9.17, 15) is 4.39 Å². The van der Waals surface area contributed by atoms with Crippen LogP contribution in [0.25, 0.3) is 0 Å². The van der Waals surface area contributed by atoms with Gasteiger partial charge in [0.2, 0.25) is 0 Å². The van der Waals surface area contributed by atoms with Gasteiger partial charge < -0.3 is 4.90 Å². The molecule has 2 aliphatic heterocycles. The highest BCUT2D eigenvalue weighted by Crippen LogP contribution is 2.39. The molecule has 3 nitrogen and oxygen atoms in total. The van der Waals surface area contributed by atoms with Crippen LogP contribution in [0.5, 0.6) is 0 Å². The summed E-state index contributed by atoms with van der Waals surface area (Å²) in [6.45, 7) is 4.37. The number of rotatable bonds is 2. The Bertz CT molecular complexity index is 446. The van der Waals surface area contributed by atoms with E-state index in [2.05, 4.69) is 14.8 Å². The fourth-order valence-electron chi connectivity index (χ4n) is 3.55. The normalized spacial score (nSPS) is 31.9.